The Morgan fingerprint density at radius 1 is 1.68 bits per heavy atom. The number of carbonyl (C=O) groups is 1. The maximum Gasteiger partial charge on any atom is 0.257 e. The topological polar surface area (TPSA) is 96.7 Å². The van der Waals surface area contributed by atoms with Crippen molar-refractivity contribution in [1.29, 1.82) is 0 Å². The number of nitrogens with zero attached hydrogens (tertiary/aromatic N) is 4. The van der Waals surface area contributed by atoms with Crippen molar-refractivity contribution in [2.75, 3.05) is 6.54 Å². The van der Waals surface area contributed by atoms with Gasteiger partial charge in [0.05, 0.1) is 11.3 Å². The van der Waals surface area contributed by atoms with Crippen molar-refractivity contribution in [2.24, 2.45) is 17.9 Å². The molecule has 1 aliphatic carbocycles. The van der Waals surface area contributed by atoms with Gasteiger partial charge in [-0.3, -0.25) is 9.48 Å². The van der Waals surface area contributed by atoms with E-state index in [0.717, 1.165) is 18.5 Å². The highest BCUT2D eigenvalue weighted by atomic mass is 16.4. The smallest absolute Gasteiger partial charge is 0.257 e. The lowest BCUT2D eigenvalue weighted by Gasteiger charge is -2.21. The Hall–Kier alpha value is -2.05. The number of aromatic nitrogens is 2. The molecule has 0 radical (unpaired) electrons. The molecule has 0 aliphatic heterocycles. The van der Waals surface area contributed by atoms with Crippen LogP contribution in [0.1, 0.15) is 35.3 Å². The molecule has 0 saturated heterocycles. The second-order valence-corrected chi connectivity index (χ2v) is 4.87. The summed E-state index contributed by atoms with van der Waals surface area (Å²) >= 11 is 0. The minimum absolute atomic E-state index is 0.0289. The van der Waals surface area contributed by atoms with Crippen molar-refractivity contribution in [2.45, 2.75) is 32.2 Å². The van der Waals surface area contributed by atoms with Crippen LogP contribution in [-0.4, -0.2) is 44.2 Å². The highest BCUT2D eigenvalue weighted by Gasteiger charge is 2.33. The van der Waals surface area contributed by atoms with E-state index in [9.17, 15) is 4.79 Å². The monoisotopic (exact) mass is 265 g/mol. The van der Waals surface area contributed by atoms with Gasteiger partial charge >= 0.3 is 0 Å². The summed E-state index contributed by atoms with van der Waals surface area (Å²) in [5, 5.41) is 15.7. The zero-order valence-electron chi connectivity index (χ0n) is 11.2. The molecule has 0 spiro atoms. The molecule has 0 aromatic carbocycles. The molecule has 7 nitrogen and oxygen atoms in total. The lowest BCUT2D eigenvalue weighted by Crippen LogP contribution is -2.36. The highest BCUT2D eigenvalue weighted by Crippen LogP contribution is 2.28. The van der Waals surface area contributed by atoms with Crippen molar-refractivity contribution >= 4 is 11.7 Å². The molecule has 1 amide bonds. The fourth-order valence-corrected chi connectivity index (χ4v) is 2.09. The minimum Gasteiger partial charge on any atom is -0.409 e. The molecule has 1 heterocycles. The lowest BCUT2D eigenvalue weighted by atomic mass is 10.2. The molecule has 1 aromatic rings. The van der Waals surface area contributed by atoms with Crippen LogP contribution in [0.25, 0.3) is 0 Å². The summed E-state index contributed by atoms with van der Waals surface area (Å²) in [6.45, 7) is 2.29. The summed E-state index contributed by atoms with van der Waals surface area (Å²) in [5.74, 6) is 0.111. The first-order valence-electron chi connectivity index (χ1n) is 6.30. The molecule has 1 saturated carbocycles. The Labute approximate surface area is 111 Å². The fraction of sp³-hybridized carbons (Fsp3) is 0.583. The molecule has 104 valence electrons. The molecule has 19 heavy (non-hydrogen) atoms. The van der Waals surface area contributed by atoms with Crippen LogP contribution in [0.15, 0.2) is 11.4 Å². The van der Waals surface area contributed by atoms with E-state index in [1.165, 1.54) is 0 Å². The summed E-state index contributed by atoms with van der Waals surface area (Å²) in [4.78, 5) is 14.3. The number of hydrogen-bond acceptors (Lipinski definition) is 4. The molecule has 7 heteroatoms. The van der Waals surface area contributed by atoms with E-state index in [0.29, 0.717) is 18.5 Å². The number of rotatable bonds is 5. The van der Waals surface area contributed by atoms with Crippen LogP contribution in [0.3, 0.4) is 0 Å². The second-order valence-electron chi connectivity index (χ2n) is 4.87. The van der Waals surface area contributed by atoms with E-state index in [2.05, 4.69) is 10.3 Å². The maximum atomic E-state index is 12.5. The van der Waals surface area contributed by atoms with E-state index in [-0.39, 0.29) is 17.8 Å². The van der Waals surface area contributed by atoms with Gasteiger partial charge in [0.15, 0.2) is 0 Å². The third-order valence-electron chi connectivity index (χ3n) is 3.23. The van der Waals surface area contributed by atoms with Gasteiger partial charge in [-0.15, -0.1) is 0 Å². The Balaban J connectivity index is 2.10. The second kappa shape index (κ2) is 5.29. The van der Waals surface area contributed by atoms with E-state index >= 15 is 0 Å². The van der Waals surface area contributed by atoms with Crippen molar-refractivity contribution in [1.82, 2.24) is 14.7 Å². The van der Waals surface area contributed by atoms with Crippen molar-refractivity contribution in [3.8, 4) is 0 Å². The predicted octanol–water partition coefficient (Wildman–Crippen LogP) is 0.470. The van der Waals surface area contributed by atoms with Gasteiger partial charge in [-0.1, -0.05) is 5.16 Å². The van der Waals surface area contributed by atoms with Crippen molar-refractivity contribution < 1.29 is 10.0 Å². The third kappa shape index (κ3) is 3.04. The van der Waals surface area contributed by atoms with Gasteiger partial charge in [0.25, 0.3) is 5.91 Å². The molecule has 1 aromatic heterocycles. The zero-order chi connectivity index (χ0) is 14.0. The number of nitrogens with two attached hydrogens (primary N) is 1. The quantitative estimate of drug-likeness (QED) is 0.350. The van der Waals surface area contributed by atoms with Crippen molar-refractivity contribution in [3.63, 3.8) is 0 Å². The summed E-state index contributed by atoms with van der Waals surface area (Å²) in [5.41, 5.74) is 6.80. The van der Waals surface area contributed by atoms with Gasteiger partial charge < -0.3 is 15.8 Å². The zero-order valence-corrected chi connectivity index (χ0v) is 11.2. The van der Waals surface area contributed by atoms with Gasteiger partial charge in [0.2, 0.25) is 0 Å². The number of oxime groups is 1. The number of amides is 1. The van der Waals surface area contributed by atoms with Gasteiger partial charge in [-0.2, -0.15) is 5.10 Å². The first kappa shape index (κ1) is 13.4. The van der Waals surface area contributed by atoms with Crippen LogP contribution in [0.5, 0.6) is 0 Å². The first-order chi connectivity index (χ1) is 9.02. The predicted molar refractivity (Wildman–Crippen MR) is 70.0 cm³/mol. The molecular formula is C12H19N5O2. The van der Waals surface area contributed by atoms with Gasteiger partial charge in [0.1, 0.15) is 5.84 Å². The minimum atomic E-state index is -0.0289. The van der Waals surface area contributed by atoms with Gasteiger partial charge in [-0.05, 0) is 19.8 Å². The van der Waals surface area contributed by atoms with Crippen molar-refractivity contribution in [3.05, 3.63) is 17.5 Å². The first-order valence-corrected chi connectivity index (χ1v) is 6.30. The molecule has 1 aliphatic rings. The standard InChI is InChI=1S/C12H19N5O2/c1-8-10(7-16(2)14-8)12(18)17(9-3-4-9)6-5-11(13)15-19/h7,9,19H,3-6H2,1-2H3,(H2,13,15). The number of amidine groups is 1. The Morgan fingerprint density at radius 3 is 2.84 bits per heavy atom. The lowest BCUT2D eigenvalue weighted by molar-refractivity contribution is 0.0746. The Morgan fingerprint density at radius 2 is 2.37 bits per heavy atom. The largest absolute Gasteiger partial charge is 0.409 e. The van der Waals surface area contributed by atoms with Crippen LogP contribution in [0, 0.1) is 6.92 Å². The highest BCUT2D eigenvalue weighted by molar-refractivity contribution is 5.95. The number of hydrogen-bond donors (Lipinski definition) is 2. The average molecular weight is 265 g/mol. The van der Waals surface area contributed by atoms with Crippen LogP contribution in [0.4, 0.5) is 0 Å². The number of aryl methyl sites for hydroxylation is 2. The summed E-state index contributed by atoms with van der Waals surface area (Å²) in [7, 11) is 1.79. The van der Waals surface area contributed by atoms with E-state index in [1.807, 2.05) is 6.92 Å². The Bertz CT molecular complexity index is 504. The average Bonchev–Trinajstić information content (AvgIpc) is 3.14. The Kier molecular flexibility index (Phi) is 3.73. The molecule has 0 bridgehead atoms. The fourth-order valence-electron chi connectivity index (χ4n) is 2.09. The SMILES string of the molecule is Cc1nn(C)cc1C(=O)N(CC/C(N)=N/O)C1CC1. The van der Waals surface area contributed by atoms with Gasteiger partial charge in [-0.25, -0.2) is 0 Å². The molecule has 0 atom stereocenters. The third-order valence-corrected chi connectivity index (χ3v) is 3.23. The number of carbonyl (C=O) groups excluding carboxylic acids is 1. The summed E-state index contributed by atoms with van der Waals surface area (Å²) < 4.78 is 1.64. The van der Waals surface area contributed by atoms with Gasteiger partial charge in [0, 0.05) is 32.3 Å². The summed E-state index contributed by atoms with van der Waals surface area (Å²) in [6.07, 6.45) is 4.14. The normalized spacial score (nSPS) is 15.6. The maximum absolute atomic E-state index is 12.5. The molecule has 0 unspecified atom stereocenters. The van der Waals surface area contributed by atoms with E-state index in [4.69, 9.17) is 10.9 Å². The molecular weight excluding hydrogens is 246 g/mol. The molecule has 2 rings (SSSR count). The van der Waals surface area contributed by atoms with Crippen LogP contribution >= 0.6 is 0 Å². The molecule has 3 N–H and O–H groups in total. The summed E-state index contributed by atoms with van der Waals surface area (Å²) in [6, 6.07) is 0.276. The van der Waals surface area contributed by atoms with Crippen LogP contribution < -0.4 is 5.73 Å². The van der Waals surface area contributed by atoms with E-state index in [1.54, 1.807) is 22.8 Å². The van der Waals surface area contributed by atoms with Crippen LogP contribution in [0.2, 0.25) is 0 Å². The van der Waals surface area contributed by atoms with E-state index < -0.39 is 0 Å². The molecule has 1 fully saturated rings. The van der Waals surface area contributed by atoms with Crippen LogP contribution in [-0.2, 0) is 7.05 Å².